The monoisotopic (exact) mass is 272 g/mol. The average molecular weight is 272 g/mol. The van der Waals surface area contributed by atoms with Crippen LogP contribution in [-0.2, 0) is 14.3 Å². The van der Waals surface area contributed by atoms with Gasteiger partial charge in [-0.2, -0.15) is 0 Å². The molecule has 5 heteroatoms. The predicted octanol–water partition coefficient (Wildman–Crippen LogP) is 1.23. The first-order chi connectivity index (χ1) is 9.15. The second-order valence-corrected chi connectivity index (χ2v) is 5.02. The number of hydrogen-bond acceptors (Lipinski definition) is 4. The van der Waals surface area contributed by atoms with Crippen LogP contribution in [0, 0.1) is 5.92 Å². The van der Waals surface area contributed by atoms with Crippen LogP contribution in [0.15, 0.2) is 0 Å². The third-order valence-corrected chi connectivity index (χ3v) is 3.46. The summed E-state index contributed by atoms with van der Waals surface area (Å²) in [6, 6.07) is 0. The van der Waals surface area contributed by atoms with Crippen LogP contribution in [0.4, 0.5) is 0 Å². The van der Waals surface area contributed by atoms with Crippen LogP contribution in [0.1, 0.15) is 33.6 Å². The van der Waals surface area contributed by atoms with Crippen molar-refractivity contribution < 1.29 is 14.3 Å². The summed E-state index contributed by atoms with van der Waals surface area (Å²) in [5, 5.41) is 2.90. The number of ether oxygens (including phenoxy) is 2. The number of carbonyl (C=O) groups excluding carboxylic acids is 1. The van der Waals surface area contributed by atoms with Gasteiger partial charge in [-0.1, -0.05) is 0 Å². The Kier molecular flexibility index (Phi) is 8.02. The molecular formula is C14H28N2O3. The third-order valence-electron chi connectivity index (χ3n) is 3.46. The number of piperidine rings is 1. The Morgan fingerprint density at radius 2 is 1.84 bits per heavy atom. The molecule has 0 aromatic carbocycles. The minimum Gasteiger partial charge on any atom is -0.356 e. The van der Waals surface area contributed by atoms with Crippen LogP contribution in [-0.4, -0.2) is 56.5 Å². The SMILES string of the molecule is CCOC(CN1CCC(CNC(C)=O)CC1)OCC. The molecule has 1 aliphatic heterocycles. The van der Waals surface area contributed by atoms with Crippen LogP contribution < -0.4 is 5.32 Å². The molecule has 0 saturated carbocycles. The van der Waals surface area contributed by atoms with Crippen molar-refractivity contribution in [1.29, 1.82) is 0 Å². The van der Waals surface area contributed by atoms with Crippen molar-refractivity contribution in [3.05, 3.63) is 0 Å². The summed E-state index contributed by atoms with van der Waals surface area (Å²) in [6.45, 7) is 10.7. The Labute approximate surface area is 116 Å². The molecule has 0 atom stereocenters. The summed E-state index contributed by atoms with van der Waals surface area (Å²) in [6.07, 6.45) is 2.15. The van der Waals surface area contributed by atoms with Gasteiger partial charge in [0.2, 0.25) is 5.91 Å². The molecule has 0 unspecified atom stereocenters. The average Bonchev–Trinajstić information content (AvgIpc) is 2.38. The van der Waals surface area contributed by atoms with Crippen LogP contribution in [0.25, 0.3) is 0 Å². The van der Waals surface area contributed by atoms with Crippen LogP contribution in [0.5, 0.6) is 0 Å². The van der Waals surface area contributed by atoms with E-state index in [0.29, 0.717) is 19.1 Å². The largest absolute Gasteiger partial charge is 0.356 e. The highest BCUT2D eigenvalue weighted by Gasteiger charge is 2.22. The van der Waals surface area contributed by atoms with Gasteiger partial charge in [-0.3, -0.25) is 9.69 Å². The number of amides is 1. The smallest absolute Gasteiger partial charge is 0.216 e. The van der Waals surface area contributed by atoms with Gasteiger partial charge in [-0.25, -0.2) is 0 Å². The molecule has 5 nitrogen and oxygen atoms in total. The number of nitrogens with one attached hydrogen (secondary N) is 1. The molecule has 1 rings (SSSR count). The molecule has 1 fully saturated rings. The van der Waals surface area contributed by atoms with Crippen LogP contribution in [0.3, 0.4) is 0 Å². The van der Waals surface area contributed by atoms with Crippen LogP contribution >= 0.6 is 0 Å². The first-order valence-corrected chi connectivity index (χ1v) is 7.35. The number of nitrogens with zero attached hydrogens (tertiary/aromatic N) is 1. The maximum absolute atomic E-state index is 10.9. The third kappa shape index (κ3) is 6.89. The fourth-order valence-electron chi connectivity index (χ4n) is 2.40. The summed E-state index contributed by atoms with van der Waals surface area (Å²) in [5.74, 6) is 0.674. The van der Waals surface area contributed by atoms with E-state index in [1.807, 2.05) is 13.8 Å². The van der Waals surface area contributed by atoms with Crippen molar-refractivity contribution in [2.75, 3.05) is 39.4 Å². The van der Waals surface area contributed by atoms with Crippen molar-refractivity contribution in [3.8, 4) is 0 Å². The molecule has 1 amide bonds. The maximum atomic E-state index is 10.9. The molecule has 0 radical (unpaired) electrons. The fraction of sp³-hybridized carbons (Fsp3) is 0.929. The molecule has 0 bridgehead atoms. The lowest BCUT2D eigenvalue weighted by Gasteiger charge is -2.33. The Morgan fingerprint density at radius 1 is 1.26 bits per heavy atom. The second kappa shape index (κ2) is 9.28. The van der Waals surface area contributed by atoms with E-state index >= 15 is 0 Å². The van der Waals surface area contributed by atoms with Gasteiger partial charge in [-0.05, 0) is 45.7 Å². The molecule has 1 N–H and O–H groups in total. The summed E-state index contributed by atoms with van der Waals surface area (Å²) >= 11 is 0. The molecule has 1 heterocycles. The lowest BCUT2D eigenvalue weighted by Crippen LogP contribution is -2.42. The standard InChI is InChI=1S/C14H28N2O3/c1-4-18-14(19-5-2)11-16-8-6-13(7-9-16)10-15-12(3)17/h13-14H,4-11H2,1-3H3,(H,15,17). The molecule has 112 valence electrons. The summed E-state index contributed by atoms with van der Waals surface area (Å²) in [5.41, 5.74) is 0. The number of hydrogen-bond donors (Lipinski definition) is 1. The van der Waals surface area contributed by atoms with Gasteiger partial charge in [0.1, 0.15) is 0 Å². The van der Waals surface area contributed by atoms with E-state index in [-0.39, 0.29) is 12.2 Å². The van der Waals surface area contributed by atoms with E-state index in [1.165, 1.54) is 0 Å². The molecule has 0 spiro atoms. The molecule has 19 heavy (non-hydrogen) atoms. The molecular weight excluding hydrogens is 244 g/mol. The summed E-state index contributed by atoms with van der Waals surface area (Å²) in [4.78, 5) is 13.3. The van der Waals surface area contributed by atoms with Crippen molar-refractivity contribution in [2.45, 2.75) is 39.9 Å². The predicted molar refractivity (Wildman–Crippen MR) is 74.9 cm³/mol. The highest BCUT2D eigenvalue weighted by Crippen LogP contribution is 2.17. The van der Waals surface area contributed by atoms with Crippen LogP contribution in [0.2, 0.25) is 0 Å². The number of carbonyl (C=O) groups is 1. The van der Waals surface area contributed by atoms with Crippen molar-refractivity contribution in [2.24, 2.45) is 5.92 Å². The van der Waals surface area contributed by atoms with Gasteiger partial charge in [-0.15, -0.1) is 0 Å². The molecule has 0 aromatic heterocycles. The van der Waals surface area contributed by atoms with Gasteiger partial charge in [0, 0.05) is 33.2 Å². The van der Waals surface area contributed by atoms with Crippen molar-refractivity contribution in [3.63, 3.8) is 0 Å². The first-order valence-electron chi connectivity index (χ1n) is 7.35. The molecule has 0 aliphatic carbocycles. The van der Waals surface area contributed by atoms with E-state index in [2.05, 4.69) is 10.2 Å². The molecule has 1 aliphatic rings. The van der Waals surface area contributed by atoms with E-state index in [1.54, 1.807) is 6.92 Å². The highest BCUT2D eigenvalue weighted by molar-refractivity contribution is 5.72. The van der Waals surface area contributed by atoms with Crippen molar-refractivity contribution >= 4 is 5.91 Å². The lowest BCUT2D eigenvalue weighted by atomic mass is 9.97. The van der Waals surface area contributed by atoms with Gasteiger partial charge in [0.15, 0.2) is 6.29 Å². The van der Waals surface area contributed by atoms with E-state index in [9.17, 15) is 4.79 Å². The minimum absolute atomic E-state index is 0.0650. The maximum Gasteiger partial charge on any atom is 0.216 e. The molecule has 1 saturated heterocycles. The Morgan fingerprint density at radius 3 is 2.32 bits per heavy atom. The zero-order chi connectivity index (χ0) is 14.1. The van der Waals surface area contributed by atoms with E-state index in [4.69, 9.17) is 9.47 Å². The Balaban J connectivity index is 2.22. The van der Waals surface area contributed by atoms with Gasteiger partial charge in [0.05, 0.1) is 0 Å². The summed E-state index contributed by atoms with van der Waals surface area (Å²) < 4.78 is 11.1. The fourth-order valence-corrected chi connectivity index (χ4v) is 2.40. The Bertz CT molecular complexity index is 247. The zero-order valence-corrected chi connectivity index (χ0v) is 12.5. The summed E-state index contributed by atoms with van der Waals surface area (Å²) in [7, 11) is 0. The zero-order valence-electron chi connectivity index (χ0n) is 12.5. The first kappa shape index (κ1) is 16.4. The lowest BCUT2D eigenvalue weighted by molar-refractivity contribution is -0.149. The number of rotatable bonds is 8. The minimum atomic E-state index is -0.109. The Hall–Kier alpha value is -0.650. The van der Waals surface area contributed by atoms with Crippen molar-refractivity contribution in [1.82, 2.24) is 10.2 Å². The van der Waals surface area contributed by atoms with Gasteiger partial charge >= 0.3 is 0 Å². The molecule has 0 aromatic rings. The van der Waals surface area contributed by atoms with Gasteiger partial charge in [0.25, 0.3) is 0 Å². The topological polar surface area (TPSA) is 50.8 Å². The normalized spacial score (nSPS) is 17.9. The van der Waals surface area contributed by atoms with Gasteiger partial charge < -0.3 is 14.8 Å². The quantitative estimate of drug-likeness (QED) is 0.675. The van der Waals surface area contributed by atoms with E-state index < -0.39 is 0 Å². The second-order valence-electron chi connectivity index (χ2n) is 5.02. The highest BCUT2D eigenvalue weighted by atomic mass is 16.7. The van der Waals surface area contributed by atoms with E-state index in [0.717, 1.165) is 39.0 Å². The number of likely N-dealkylation sites (tertiary alicyclic amines) is 1.